The van der Waals surface area contributed by atoms with Crippen molar-refractivity contribution >= 4 is 16.6 Å². The molecule has 0 atom stereocenters. The fourth-order valence-corrected chi connectivity index (χ4v) is 14.7. The van der Waals surface area contributed by atoms with Crippen LogP contribution in [0.1, 0.15) is 0 Å². The molecule has 0 aliphatic carbocycles. The molecule has 0 fully saturated rings. The number of hydrogen-bond acceptors (Lipinski definition) is 3. The topological polar surface area (TPSA) is 44.5 Å². The van der Waals surface area contributed by atoms with E-state index >= 15 is 0 Å². The van der Waals surface area contributed by atoms with Crippen molar-refractivity contribution in [1.29, 1.82) is 0 Å². The molecule has 0 aliphatic heterocycles. The summed E-state index contributed by atoms with van der Waals surface area (Å²) in [5, 5.41) is 0. The molecule has 0 rings (SSSR count). The van der Waals surface area contributed by atoms with Crippen LogP contribution < -0.4 is 4.48 Å². The molecule has 0 aromatic carbocycles. The summed E-state index contributed by atoms with van der Waals surface area (Å²) in [7, 11) is -2.91. The zero-order valence-corrected chi connectivity index (χ0v) is 14.1. The van der Waals surface area contributed by atoms with Gasteiger partial charge in [0.15, 0.2) is 0 Å². The van der Waals surface area contributed by atoms with E-state index < -0.39 is 33.5 Å². The molecule has 0 saturated carbocycles. The molecular weight excluding hydrogens is 240 g/mol. The Morgan fingerprint density at radius 1 is 0.833 bits per heavy atom. The number of hydrogen-bond donors (Lipinski definition) is 1. The molecule has 0 spiro atoms. The van der Waals surface area contributed by atoms with Crippen molar-refractivity contribution < 1.29 is 23.4 Å². The minimum absolute atomic E-state index is 1.46. The summed E-state index contributed by atoms with van der Waals surface area (Å²) in [4.78, 5) is 0. The maximum atomic E-state index is 5.88. The molecule has 3 nitrogen and oxygen atoms in total. The second-order valence-electron chi connectivity index (χ2n) is 4.96. The first-order chi connectivity index (χ1) is 5.10. The Bertz CT molecular complexity index is 127. The Morgan fingerprint density at radius 3 is 1.25 bits per heavy atom. The number of nitrogens with two attached hydrogens (primary N) is 1. The Hall–Kier alpha value is 0.937. The molecule has 0 aromatic heterocycles. The van der Waals surface area contributed by atoms with E-state index in [-0.39, 0.29) is 0 Å². The molecule has 2 N–H and O–H groups in total. The quantitative estimate of drug-likeness (QED) is 0.786. The van der Waals surface area contributed by atoms with Gasteiger partial charge in [-0.25, -0.2) is 0 Å². The summed E-state index contributed by atoms with van der Waals surface area (Å²) in [6, 6.07) is 0. The molecular formula is C6H20NO2Si2Zn. The van der Waals surface area contributed by atoms with Crippen LogP contribution in [0.4, 0.5) is 0 Å². The van der Waals surface area contributed by atoms with E-state index in [4.69, 9.17) is 11.0 Å². The summed E-state index contributed by atoms with van der Waals surface area (Å²) < 4.78 is 17.4. The Kier molecular flexibility index (Phi) is 4.78. The van der Waals surface area contributed by atoms with Crippen LogP contribution in [0, 0.1) is 0 Å². The summed E-state index contributed by atoms with van der Waals surface area (Å²) in [6.45, 7) is 12.9. The monoisotopic (exact) mass is 258 g/mol. The maximum absolute atomic E-state index is 5.88. The fraction of sp³-hybridized carbons (Fsp3) is 1.00. The zero-order valence-electron chi connectivity index (χ0n) is 9.10. The van der Waals surface area contributed by atoms with Crippen LogP contribution in [0.5, 0.6) is 0 Å². The van der Waals surface area contributed by atoms with Gasteiger partial charge >= 0.3 is 83.8 Å². The van der Waals surface area contributed by atoms with Crippen LogP contribution >= 0.6 is 0 Å². The molecule has 0 aromatic rings. The van der Waals surface area contributed by atoms with Gasteiger partial charge in [-0.3, -0.25) is 0 Å². The van der Waals surface area contributed by atoms with Crippen LogP contribution in [-0.2, 0) is 23.4 Å². The van der Waals surface area contributed by atoms with Crippen molar-refractivity contribution in [3.05, 3.63) is 0 Å². The van der Waals surface area contributed by atoms with Gasteiger partial charge in [0.2, 0.25) is 0 Å². The molecule has 0 saturated heterocycles. The molecule has 0 bridgehead atoms. The van der Waals surface area contributed by atoms with Gasteiger partial charge < -0.3 is 0 Å². The first kappa shape index (κ1) is 12.9. The first-order valence-corrected chi connectivity index (χ1v) is 15.3. The standard InChI is InChI=1S/2C3H9OSi.H2N.Zn/c2*1-5(2,3)4;;/h2*1-3H3;1H2;/q3*-1;+3. The van der Waals surface area contributed by atoms with Crippen molar-refractivity contribution in [3.63, 3.8) is 0 Å². The predicted molar refractivity (Wildman–Crippen MR) is 53.0 cm³/mol. The Balaban J connectivity index is 3.83. The predicted octanol–water partition coefficient (Wildman–Crippen LogP) is 2.01. The van der Waals surface area contributed by atoms with Gasteiger partial charge in [-0.15, -0.1) is 0 Å². The minimum atomic E-state index is -2.48. The summed E-state index contributed by atoms with van der Waals surface area (Å²) >= 11 is -2.48. The van der Waals surface area contributed by atoms with Crippen LogP contribution in [0.3, 0.4) is 0 Å². The van der Waals surface area contributed by atoms with Crippen molar-refractivity contribution in [2.45, 2.75) is 39.3 Å². The third-order valence-electron chi connectivity index (χ3n) is 1.15. The zero-order chi connectivity index (χ0) is 9.99. The van der Waals surface area contributed by atoms with Crippen LogP contribution in [0.2, 0.25) is 39.3 Å². The average molecular weight is 260 g/mol. The molecule has 0 heterocycles. The Labute approximate surface area is 83.9 Å². The van der Waals surface area contributed by atoms with E-state index in [9.17, 15) is 0 Å². The van der Waals surface area contributed by atoms with Gasteiger partial charge in [-0.2, -0.15) is 0 Å². The van der Waals surface area contributed by atoms with E-state index in [1.807, 2.05) is 0 Å². The van der Waals surface area contributed by atoms with E-state index in [1.54, 1.807) is 0 Å². The fourth-order valence-electron chi connectivity index (χ4n) is 0.883. The molecule has 71 valence electrons. The Morgan fingerprint density at radius 2 is 1.08 bits per heavy atom. The summed E-state index contributed by atoms with van der Waals surface area (Å²) in [6.07, 6.45) is 0. The molecule has 0 unspecified atom stereocenters. The van der Waals surface area contributed by atoms with E-state index in [0.717, 1.165) is 0 Å². The van der Waals surface area contributed by atoms with Gasteiger partial charge in [0.1, 0.15) is 0 Å². The van der Waals surface area contributed by atoms with E-state index in [0.29, 0.717) is 0 Å². The van der Waals surface area contributed by atoms with Gasteiger partial charge in [0, 0.05) is 0 Å². The first-order valence-electron chi connectivity index (χ1n) is 4.39. The molecule has 0 radical (unpaired) electrons. The third kappa shape index (κ3) is 9.03. The SMILES string of the molecule is C[Si](C)(C)[O][Zn]([NH2])[O][Si](C)(C)C. The van der Waals surface area contributed by atoms with Crippen LogP contribution in [0.25, 0.3) is 0 Å². The van der Waals surface area contributed by atoms with Crippen LogP contribution in [0.15, 0.2) is 0 Å². The molecule has 12 heavy (non-hydrogen) atoms. The third-order valence-corrected chi connectivity index (χ3v) is 17.9. The average Bonchev–Trinajstić information content (AvgIpc) is 1.49. The number of rotatable bonds is 4. The van der Waals surface area contributed by atoms with Crippen molar-refractivity contribution in [1.82, 2.24) is 0 Å². The normalized spacial score (nSPS) is 13.2. The molecule has 0 aliphatic rings. The van der Waals surface area contributed by atoms with Crippen molar-refractivity contribution in [3.8, 4) is 0 Å². The van der Waals surface area contributed by atoms with Gasteiger partial charge in [0.05, 0.1) is 0 Å². The van der Waals surface area contributed by atoms with Crippen LogP contribution in [-0.4, -0.2) is 16.6 Å². The second-order valence-corrected chi connectivity index (χ2v) is 19.5. The summed E-state index contributed by atoms with van der Waals surface area (Å²) in [5.41, 5.74) is 0. The summed E-state index contributed by atoms with van der Waals surface area (Å²) in [5.74, 6) is 0. The van der Waals surface area contributed by atoms with E-state index in [2.05, 4.69) is 39.3 Å². The van der Waals surface area contributed by atoms with Gasteiger partial charge in [-0.05, 0) is 0 Å². The molecule has 0 amide bonds. The van der Waals surface area contributed by atoms with E-state index in [1.165, 1.54) is 0 Å². The van der Waals surface area contributed by atoms with Crippen molar-refractivity contribution in [2.75, 3.05) is 0 Å². The second kappa shape index (κ2) is 4.44. The van der Waals surface area contributed by atoms with Gasteiger partial charge in [-0.1, -0.05) is 0 Å². The van der Waals surface area contributed by atoms with Gasteiger partial charge in [0.25, 0.3) is 0 Å². The van der Waals surface area contributed by atoms with Crippen molar-refractivity contribution in [2.24, 2.45) is 4.48 Å². The molecule has 6 heteroatoms.